The molecule has 5 heterocycles. The van der Waals surface area contributed by atoms with E-state index in [9.17, 15) is 38.4 Å². The standard InChI is InChI=1S/C46H59N9O15/c1-25(56)66-24-36-39(67-26(2)57)40(68-27(3)58)41(69-28(4)59)46(70-36)55-22-29(18-33(55)43(61)51-37-23-53(7)42(50-37)44(62)47-14-11-15-52(5)6)49-38(60)13-10-17-65-35-20-32-31(19-34(35)64-8)45(63)54-16-9-12-30(54)21-48-32/h18-23,30,36,39-41,46H,9-17,24H2,1-8H3,(H,47,62)(H,49,60)(H,51,61)/t30-,36-,39-,40-,41-,46+/m1/s1. The minimum absolute atomic E-state index is 0.00327. The first-order valence-electron chi connectivity index (χ1n) is 22.6. The molecule has 24 nitrogen and oxygen atoms in total. The quantitative estimate of drug-likeness (QED) is 0.0833. The molecule has 1 aromatic carbocycles. The molecular formula is C46H59N9O15. The number of nitrogens with zero attached hydrogens (tertiary/aromatic N) is 6. The lowest BCUT2D eigenvalue weighted by molar-refractivity contribution is -0.268. The summed E-state index contributed by atoms with van der Waals surface area (Å²) in [5.41, 5.74) is 0.663. The Balaban J connectivity index is 1.27. The number of carbonyl (C=O) groups excluding carboxylic acids is 8. The van der Waals surface area contributed by atoms with Gasteiger partial charge in [0.25, 0.3) is 17.7 Å². The monoisotopic (exact) mass is 977 g/mol. The van der Waals surface area contributed by atoms with Crippen molar-refractivity contribution in [2.75, 3.05) is 64.7 Å². The lowest BCUT2D eigenvalue weighted by Crippen LogP contribution is -2.60. The number of aromatic nitrogens is 3. The van der Waals surface area contributed by atoms with Gasteiger partial charge in [-0.05, 0) is 58.5 Å². The topological polar surface area (TPSA) is 279 Å². The van der Waals surface area contributed by atoms with Crippen LogP contribution in [0.15, 0.2) is 35.6 Å². The maximum atomic E-state index is 14.4. The SMILES string of the molecule is COc1cc2c(cc1OCCCC(=O)Nc1cc(C(=O)Nc3cn(C)c(C(=O)NCCCN(C)C)n3)n([C@H]3O[C@H](COC(C)=O)[C@@H](OC(C)=O)[C@@H](OC(C)=O)[C@H]3OC(C)=O)c1)N=C[C@H]1CCCN1C2=O. The highest BCUT2D eigenvalue weighted by atomic mass is 16.7. The maximum Gasteiger partial charge on any atom is 0.303 e. The molecule has 0 aliphatic carbocycles. The summed E-state index contributed by atoms with van der Waals surface area (Å²) in [6, 6.07) is 4.44. The molecule has 378 valence electrons. The molecule has 70 heavy (non-hydrogen) atoms. The van der Waals surface area contributed by atoms with Gasteiger partial charge in [-0.1, -0.05) is 0 Å². The Labute approximate surface area is 403 Å². The second-order valence-corrected chi connectivity index (χ2v) is 17.0. The van der Waals surface area contributed by atoms with Crippen molar-refractivity contribution in [2.45, 2.75) is 96.5 Å². The fourth-order valence-electron chi connectivity index (χ4n) is 8.22. The zero-order chi connectivity index (χ0) is 50.8. The minimum atomic E-state index is -1.62. The van der Waals surface area contributed by atoms with Crippen molar-refractivity contribution in [1.29, 1.82) is 0 Å². The van der Waals surface area contributed by atoms with Gasteiger partial charge in [-0.25, -0.2) is 4.98 Å². The fraction of sp³-hybridized carbons (Fsp3) is 0.522. The number of carbonyl (C=O) groups is 8. The number of amides is 4. The van der Waals surface area contributed by atoms with Crippen LogP contribution in [-0.2, 0) is 54.7 Å². The van der Waals surface area contributed by atoms with E-state index in [1.54, 1.807) is 30.3 Å². The van der Waals surface area contributed by atoms with Crippen molar-refractivity contribution in [3.8, 4) is 11.5 Å². The van der Waals surface area contributed by atoms with Crippen LogP contribution in [0.1, 0.15) is 97.5 Å². The van der Waals surface area contributed by atoms with Crippen LogP contribution in [0.2, 0.25) is 0 Å². The normalized spacial score (nSPS) is 20.4. The fourth-order valence-corrected chi connectivity index (χ4v) is 8.22. The number of benzene rings is 1. The van der Waals surface area contributed by atoms with Crippen LogP contribution in [0, 0.1) is 0 Å². The molecular weight excluding hydrogens is 919 g/mol. The average Bonchev–Trinajstić information content (AvgIpc) is 4.02. The van der Waals surface area contributed by atoms with Crippen LogP contribution < -0.4 is 25.4 Å². The van der Waals surface area contributed by atoms with Crippen LogP contribution >= 0.6 is 0 Å². The molecule has 6 rings (SSSR count). The van der Waals surface area contributed by atoms with Crippen molar-refractivity contribution >= 4 is 70.9 Å². The maximum absolute atomic E-state index is 14.4. The number of imidazole rings is 1. The highest BCUT2D eigenvalue weighted by Crippen LogP contribution is 2.39. The van der Waals surface area contributed by atoms with Gasteiger partial charge >= 0.3 is 23.9 Å². The van der Waals surface area contributed by atoms with E-state index in [0.29, 0.717) is 42.3 Å². The van der Waals surface area contributed by atoms with E-state index < -0.39 is 78.8 Å². The van der Waals surface area contributed by atoms with Gasteiger partial charge < -0.3 is 68.0 Å². The number of aliphatic imine (C=N–C) groups is 1. The minimum Gasteiger partial charge on any atom is -0.493 e. The van der Waals surface area contributed by atoms with Crippen LogP contribution in [-0.4, -0.2) is 162 Å². The summed E-state index contributed by atoms with van der Waals surface area (Å²) in [6.07, 6.45) is -0.659. The third-order valence-electron chi connectivity index (χ3n) is 11.3. The number of rotatable bonds is 20. The van der Waals surface area contributed by atoms with E-state index in [1.165, 1.54) is 34.7 Å². The zero-order valence-corrected chi connectivity index (χ0v) is 40.3. The first-order chi connectivity index (χ1) is 33.3. The molecule has 0 spiro atoms. The summed E-state index contributed by atoms with van der Waals surface area (Å²) >= 11 is 0. The number of hydrogen-bond donors (Lipinski definition) is 3. The first kappa shape index (κ1) is 52.0. The summed E-state index contributed by atoms with van der Waals surface area (Å²) in [5.74, 6) is -4.69. The van der Waals surface area contributed by atoms with Crippen molar-refractivity contribution in [3.63, 3.8) is 0 Å². The summed E-state index contributed by atoms with van der Waals surface area (Å²) in [7, 11) is 6.85. The average molecular weight is 978 g/mol. The Morgan fingerprint density at radius 3 is 2.26 bits per heavy atom. The Morgan fingerprint density at radius 2 is 1.57 bits per heavy atom. The van der Waals surface area contributed by atoms with Crippen LogP contribution in [0.5, 0.6) is 11.5 Å². The molecule has 6 atom stereocenters. The molecule has 0 unspecified atom stereocenters. The van der Waals surface area contributed by atoms with Crippen LogP contribution in [0.4, 0.5) is 17.2 Å². The van der Waals surface area contributed by atoms with Crippen molar-refractivity contribution in [2.24, 2.45) is 12.0 Å². The van der Waals surface area contributed by atoms with Crippen molar-refractivity contribution in [1.82, 2.24) is 29.2 Å². The largest absolute Gasteiger partial charge is 0.493 e. The molecule has 3 aliphatic heterocycles. The second-order valence-electron chi connectivity index (χ2n) is 17.0. The van der Waals surface area contributed by atoms with Crippen molar-refractivity contribution < 1.29 is 71.5 Å². The summed E-state index contributed by atoms with van der Waals surface area (Å²) in [5, 5.41) is 8.21. The van der Waals surface area contributed by atoms with Crippen LogP contribution in [0.25, 0.3) is 0 Å². The lowest BCUT2D eigenvalue weighted by Gasteiger charge is -2.45. The number of methoxy groups -OCH3 is 1. The van der Waals surface area contributed by atoms with Gasteiger partial charge in [0.2, 0.25) is 11.7 Å². The number of aryl methyl sites for hydroxylation is 1. The molecule has 0 saturated carbocycles. The number of fused-ring (bicyclic) bond motifs is 2. The molecule has 2 fully saturated rings. The van der Waals surface area contributed by atoms with E-state index in [0.717, 1.165) is 47.1 Å². The van der Waals surface area contributed by atoms with Crippen LogP contribution in [0.3, 0.4) is 0 Å². The van der Waals surface area contributed by atoms with Gasteiger partial charge in [0.15, 0.2) is 41.9 Å². The molecule has 2 saturated heterocycles. The molecule has 0 bridgehead atoms. The Bertz CT molecular complexity index is 2500. The third kappa shape index (κ3) is 13.0. The summed E-state index contributed by atoms with van der Waals surface area (Å²) in [6.45, 7) is 5.62. The molecule has 24 heteroatoms. The Morgan fingerprint density at radius 1 is 0.857 bits per heavy atom. The van der Waals surface area contributed by atoms with Gasteiger partial charge in [0.05, 0.1) is 36.7 Å². The van der Waals surface area contributed by atoms with E-state index >= 15 is 0 Å². The highest BCUT2D eigenvalue weighted by Gasteiger charge is 2.53. The summed E-state index contributed by atoms with van der Waals surface area (Å²) < 4.78 is 42.6. The van der Waals surface area contributed by atoms with Gasteiger partial charge in [-0.15, -0.1) is 0 Å². The van der Waals surface area contributed by atoms with Gasteiger partial charge in [0.1, 0.15) is 18.4 Å². The molecule has 3 aromatic rings. The lowest BCUT2D eigenvalue weighted by atomic mass is 9.97. The van der Waals surface area contributed by atoms with E-state index in [-0.39, 0.29) is 54.4 Å². The van der Waals surface area contributed by atoms with E-state index in [4.69, 9.17) is 33.2 Å². The van der Waals surface area contributed by atoms with Gasteiger partial charge in [0, 0.05) is 78.9 Å². The Kier molecular flexibility index (Phi) is 17.3. The van der Waals surface area contributed by atoms with E-state index in [2.05, 4.69) is 25.9 Å². The smallest absolute Gasteiger partial charge is 0.303 e. The molecule has 2 aromatic heterocycles. The summed E-state index contributed by atoms with van der Waals surface area (Å²) in [4.78, 5) is 117. The molecule has 3 N–H and O–H groups in total. The van der Waals surface area contributed by atoms with Gasteiger partial charge in [-0.3, -0.25) is 43.3 Å². The number of anilines is 2. The van der Waals surface area contributed by atoms with Crippen molar-refractivity contribution in [3.05, 3.63) is 47.7 Å². The molecule has 4 amide bonds. The number of hydrogen-bond acceptors (Lipinski definition) is 18. The first-order valence-corrected chi connectivity index (χ1v) is 22.6. The highest BCUT2D eigenvalue weighted by molar-refractivity contribution is 6.05. The van der Waals surface area contributed by atoms with Gasteiger partial charge in [-0.2, -0.15) is 0 Å². The Hall–Kier alpha value is -7.34. The predicted octanol–water partition coefficient (Wildman–Crippen LogP) is 2.54. The zero-order valence-electron chi connectivity index (χ0n) is 40.3. The second kappa shape index (κ2) is 23.3. The third-order valence-corrected chi connectivity index (χ3v) is 11.3. The molecule has 3 aliphatic rings. The molecule has 0 radical (unpaired) electrons. The number of esters is 4. The van der Waals surface area contributed by atoms with E-state index in [1.807, 2.05) is 19.0 Å². The number of ether oxygens (including phenoxy) is 7. The number of nitrogens with one attached hydrogen (secondary N) is 3. The predicted molar refractivity (Wildman–Crippen MR) is 247 cm³/mol.